The van der Waals surface area contributed by atoms with Gasteiger partial charge in [0.2, 0.25) is 5.89 Å². The second-order valence-electron chi connectivity index (χ2n) is 7.51. The van der Waals surface area contributed by atoms with Crippen molar-refractivity contribution in [1.29, 1.82) is 0 Å². The standard InChI is InChI=1S/C19H35N5O.HI/c1-14-10-15(2)13-24(12-14)9-7-6-8-21-19(20-5)22-11-18-23-16(3)17(4)25-18;/h14-15H,6-13H2,1-5H3,(H2,20,21,22);1H. The Morgan fingerprint density at radius 2 is 1.88 bits per heavy atom. The first-order valence-electron chi connectivity index (χ1n) is 9.57. The lowest BCUT2D eigenvalue weighted by atomic mass is 9.92. The Labute approximate surface area is 175 Å². The van der Waals surface area contributed by atoms with Crippen molar-refractivity contribution in [2.45, 2.75) is 53.5 Å². The molecule has 7 heteroatoms. The Morgan fingerprint density at radius 1 is 1.19 bits per heavy atom. The van der Waals surface area contributed by atoms with Crippen LogP contribution in [0.4, 0.5) is 0 Å². The SMILES string of the molecule is CN=C(NCCCCN1CC(C)CC(C)C1)NCc1nc(C)c(C)o1.I. The fraction of sp³-hybridized carbons (Fsp3) is 0.789. The van der Waals surface area contributed by atoms with Crippen LogP contribution in [-0.4, -0.2) is 49.1 Å². The molecule has 150 valence electrons. The molecule has 0 aromatic carbocycles. The number of hydrogen-bond acceptors (Lipinski definition) is 4. The molecule has 1 aliphatic heterocycles. The lowest BCUT2D eigenvalue weighted by Crippen LogP contribution is -2.40. The van der Waals surface area contributed by atoms with E-state index >= 15 is 0 Å². The van der Waals surface area contributed by atoms with Crippen molar-refractivity contribution >= 4 is 29.9 Å². The van der Waals surface area contributed by atoms with Crippen LogP contribution in [0.25, 0.3) is 0 Å². The number of unbranched alkanes of at least 4 members (excludes halogenated alkanes) is 1. The van der Waals surface area contributed by atoms with Crippen LogP contribution in [0.2, 0.25) is 0 Å². The first kappa shape index (κ1) is 23.2. The molecule has 1 aromatic rings. The molecule has 1 aliphatic rings. The first-order chi connectivity index (χ1) is 12.0. The van der Waals surface area contributed by atoms with Crippen molar-refractivity contribution in [2.24, 2.45) is 16.8 Å². The molecule has 2 rings (SSSR count). The maximum Gasteiger partial charge on any atom is 0.214 e. The van der Waals surface area contributed by atoms with E-state index in [0.717, 1.165) is 42.2 Å². The van der Waals surface area contributed by atoms with Crippen LogP contribution in [0, 0.1) is 25.7 Å². The number of guanidine groups is 1. The van der Waals surface area contributed by atoms with E-state index in [1.807, 2.05) is 13.8 Å². The molecule has 2 unspecified atom stereocenters. The third-order valence-corrected chi connectivity index (χ3v) is 4.84. The van der Waals surface area contributed by atoms with Gasteiger partial charge in [-0.2, -0.15) is 0 Å². The Bertz CT molecular complexity index is 531. The number of likely N-dealkylation sites (tertiary alicyclic amines) is 1. The topological polar surface area (TPSA) is 65.7 Å². The number of hydrogen-bond donors (Lipinski definition) is 2. The van der Waals surface area contributed by atoms with Gasteiger partial charge in [-0.25, -0.2) is 4.98 Å². The molecule has 0 radical (unpaired) electrons. The summed E-state index contributed by atoms with van der Waals surface area (Å²) in [5, 5.41) is 6.62. The Morgan fingerprint density at radius 3 is 2.46 bits per heavy atom. The second kappa shape index (κ2) is 11.8. The van der Waals surface area contributed by atoms with Gasteiger partial charge >= 0.3 is 0 Å². The lowest BCUT2D eigenvalue weighted by molar-refractivity contribution is 0.139. The van der Waals surface area contributed by atoms with E-state index in [4.69, 9.17) is 4.42 Å². The van der Waals surface area contributed by atoms with Gasteiger partial charge in [0.15, 0.2) is 5.96 Å². The molecule has 2 N–H and O–H groups in total. The highest BCUT2D eigenvalue weighted by Crippen LogP contribution is 2.20. The van der Waals surface area contributed by atoms with Gasteiger partial charge in [0.25, 0.3) is 0 Å². The van der Waals surface area contributed by atoms with E-state index in [1.54, 1.807) is 7.05 Å². The number of oxazole rings is 1. The van der Waals surface area contributed by atoms with Crippen molar-refractivity contribution in [3.8, 4) is 0 Å². The monoisotopic (exact) mass is 477 g/mol. The van der Waals surface area contributed by atoms with Crippen molar-refractivity contribution in [1.82, 2.24) is 20.5 Å². The quantitative estimate of drug-likeness (QED) is 0.273. The van der Waals surface area contributed by atoms with Gasteiger partial charge in [-0.3, -0.25) is 4.99 Å². The Balaban J connectivity index is 0.00000338. The Hall–Kier alpha value is -0.830. The van der Waals surface area contributed by atoms with Crippen LogP contribution in [0.5, 0.6) is 0 Å². The molecule has 1 aromatic heterocycles. The van der Waals surface area contributed by atoms with Gasteiger partial charge in [0.1, 0.15) is 5.76 Å². The van der Waals surface area contributed by atoms with Crippen molar-refractivity contribution < 1.29 is 4.42 Å². The molecule has 6 nitrogen and oxygen atoms in total. The highest BCUT2D eigenvalue weighted by molar-refractivity contribution is 14.0. The number of nitrogens with zero attached hydrogens (tertiary/aromatic N) is 3. The summed E-state index contributed by atoms with van der Waals surface area (Å²) in [6.45, 7) is 13.8. The summed E-state index contributed by atoms with van der Waals surface area (Å²) in [7, 11) is 1.79. The molecule has 0 amide bonds. The number of aromatic nitrogens is 1. The fourth-order valence-electron chi connectivity index (χ4n) is 3.64. The minimum absolute atomic E-state index is 0. The molecule has 1 saturated heterocycles. The molecular formula is C19H36IN5O. The van der Waals surface area contributed by atoms with Crippen molar-refractivity contribution in [3.05, 3.63) is 17.3 Å². The second-order valence-corrected chi connectivity index (χ2v) is 7.51. The van der Waals surface area contributed by atoms with E-state index < -0.39 is 0 Å². The minimum atomic E-state index is 0. The maximum absolute atomic E-state index is 5.57. The zero-order valence-electron chi connectivity index (χ0n) is 17.0. The smallest absolute Gasteiger partial charge is 0.214 e. The van der Waals surface area contributed by atoms with E-state index in [1.165, 1.54) is 32.5 Å². The predicted octanol–water partition coefficient (Wildman–Crippen LogP) is 3.33. The van der Waals surface area contributed by atoms with Gasteiger partial charge in [-0.05, 0) is 51.5 Å². The van der Waals surface area contributed by atoms with Gasteiger partial charge in [-0.1, -0.05) is 13.8 Å². The summed E-state index contributed by atoms with van der Waals surface area (Å²) in [6.07, 6.45) is 3.75. The number of rotatable bonds is 7. The summed E-state index contributed by atoms with van der Waals surface area (Å²) in [6, 6.07) is 0. The van der Waals surface area contributed by atoms with E-state index in [2.05, 4.69) is 39.4 Å². The van der Waals surface area contributed by atoms with Gasteiger partial charge < -0.3 is 20.0 Å². The summed E-state index contributed by atoms with van der Waals surface area (Å²) in [5.74, 6) is 4.06. The molecule has 2 atom stereocenters. The molecule has 1 fully saturated rings. The van der Waals surface area contributed by atoms with Gasteiger partial charge in [0, 0.05) is 26.7 Å². The highest BCUT2D eigenvalue weighted by Gasteiger charge is 2.20. The van der Waals surface area contributed by atoms with Crippen LogP contribution in [0.15, 0.2) is 9.41 Å². The molecule has 26 heavy (non-hydrogen) atoms. The maximum atomic E-state index is 5.57. The number of nitrogens with one attached hydrogen (secondary N) is 2. The van der Waals surface area contributed by atoms with E-state index in [-0.39, 0.29) is 24.0 Å². The normalized spacial score (nSPS) is 21.3. The number of aryl methyl sites for hydroxylation is 2. The number of halogens is 1. The largest absolute Gasteiger partial charge is 0.444 e. The van der Waals surface area contributed by atoms with Crippen LogP contribution in [0.1, 0.15) is 50.5 Å². The molecule has 0 aliphatic carbocycles. The summed E-state index contributed by atoms with van der Waals surface area (Å²) >= 11 is 0. The van der Waals surface area contributed by atoms with Gasteiger partial charge in [-0.15, -0.1) is 24.0 Å². The van der Waals surface area contributed by atoms with Crippen LogP contribution >= 0.6 is 24.0 Å². The van der Waals surface area contributed by atoms with Crippen LogP contribution in [0.3, 0.4) is 0 Å². The highest BCUT2D eigenvalue weighted by atomic mass is 127. The zero-order valence-corrected chi connectivity index (χ0v) is 19.3. The predicted molar refractivity (Wildman–Crippen MR) is 118 cm³/mol. The van der Waals surface area contributed by atoms with Crippen LogP contribution < -0.4 is 10.6 Å². The van der Waals surface area contributed by atoms with Crippen molar-refractivity contribution in [3.63, 3.8) is 0 Å². The average Bonchev–Trinajstić information content (AvgIpc) is 2.87. The summed E-state index contributed by atoms with van der Waals surface area (Å²) < 4.78 is 5.57. The zero-order chi connectivity index (χ0) is 18.2. The molecule has 2 heterocycles. The van der Waals surface area contributed by atoms with Crippen molar-refractivity contribution in [2.75, 3.05) is 33.2 Å². The fourth-order valence-corrected chi connectivity index (χ4v) is 3.64. The summed E-state index contributed by atoms with van der Waals surface area (Å²) in [4.78, 5) is 11.3. The van der Waals surface area contributed by atoms with E-state index in [9.17, 15) is 0 Å². The average molecular weight is 477 g/mol. The first-order valence-corrected chi connectivity index (χ1v) is 9.57. The molecule has 0 bridgehead atoms. The molecular weight excluding hydrogens is 441 g/mol. The molecule has 0 saturated carbocycles. The van der Waals surface area contributed by atoms with E-state index in [0.29, 0.717) is 12.4 Å². The third kappa shape index (κ3) is 7.82. The van der Waals surface area contributed by atoms with Crippen LogP contribution in [-0.2, 0) is 6.54 Å². The minimum Gasteiger partial charge on any atom is -0.444 e. The molecule has 0 spiro atoms. The summed E-state index contributed by atoms with van der Waals surface area (Å²) in [5.41, 5.74) is 0.945. The Kier molecular flexibility index (Phi) is 10.5. The third-order valence-electron chi connectivity index (χ3n) is 4.84. The lowest BCUT2D eigenvalue weighted by Gasteiger charge is -2.34. The number of piperidine rings is 1. The number of aliphatic imine (C=N–C) groups is 1. The van der Waals surface area contributed by atoms with Gasteiger partial charge in [0.05, 0.1) is 12.2 Å².